The average Bonchev–Trinajstić information content (AvgIpc) is 2.91. The van der Waals surface area contributed by atoms with Crippen LogP contribution in [-0.4, -0.2) is 18.1 Å². The third kappa shape index (κ3) is 4.44. The van der Waals surface area contributed by atoms with Gasteiger partial charge in [-0.3, -0.25) is 0 Å². The molecule has 0 spiro atoms. The molecule has 1 aromatic carbocycles. The number of hydrogen-bond donors (Lipinski definition) is 1. The van der Waals surface area contributed by atoms with Gasteiger partial charge >= 0.3 is 0 Å². The molecule has 0 saturated heterocycles. The second-order valence-corrected chi connectivity index (χ2v) is 5.72. The molecule has 0 aliphatic rings. The molecule has 2 nitrogen and oxygen atoms in total. The SMILES string of the molecule is CCCNCC(Cc1cscn1)c1cccc(C)c1. The summed E-state index contributed by atoms with van der Waals surface area (Å²) in [6, 6.07) is 8.84. The number of benzene rings is 1. The van der Waals surface area contributed by atoms with E-state index < -0.39 is 0 Å². The number of rotatable bonds is 7. The fraction of sp³-hybridized carbons (Fsp3) is 0.438. The molecule has 0 saturated carbocycles. The minimum Gasteiger partial charge on any atom is -0.316 e. The van der Waals surface area contributed by atoms with E-state index in [2.05, 4.69) is 53.8 Å². The first kappa shape index (κ1) is 14.2. The van der Waals surface area contributed by atoms with Crippen molar-refractivity contribution in [3.05, 3.63) is 52.0 Å². The van der Waals surface area contributed by atoms with Crippen LogP contribution in [0.1, 0.15) is 36.1 Å². The molecule has 1 N–H and O–H groups in total. The molecule has 0 aliphatic heterocycles. The fourth-order valence-electron chi connectivity index (χ4n) is 2.28. The van der Waals surface area contributed by atoms with Crippen LogP contribution < -0.4 is 5.32 Å². The zero-order valence-corrected chi connectivity index (χ0v) is 12.5. The van der Waals surface area contributed by atoms with E-state index in [1.165, 1.54) is 23.2 Å². The summed E-state index contributed by atoms with van der Waals surface area (Å²) in [5.74, 6) is 0.508. The quantitative estimate of drug-likeness (QED) is 0.777. The summed E-state index contributed by atoms with van der Waals surface area (Å²) < 4.78 is 0. The molecule has 2 rings (SSSR count). The normalized spacial score (nSPS) is 12.5. The highest BCUT2D eigenvalue weighted by atomic mass is 32.1. The van der Waals surface area contributed by atoms with Gasteiger partial charge in [0.15, 0.2) is 0 Å². The molecule has 1 heterocycles. The van der Waals surface area contributed by atoms with E-state index in [9.17, 15) is 0 Å². The summed E-state index contributed by atoms with van der Waals surface area (Å²) in [6.07, 6.45) is 2.20. The lowest BCUT2D eigenvalue weighted by Crippen LogP contribution is -2.23. The van der Waals surface area contributed by atoms with Crippen LogP contribution in [0.3, 0.4) is 0 Å². The lowest BCUT2D eigenvalue weighted by atomic mass is 9.93. The predicted octanol–water partition coefficient (Wildman–Crippen LogP) is 3.78. The van der Waals surface area contributed by atoms with Gasteiger partial charge in [-0.2, -0.15) is 0 Å². The topological polar surface area (TPSA) is 24.9 Å². The second-order valence-electron chi connectivity index (χ2n) is 5.00. The molecule has 0 amide bonds. The van der Waals surface area contributed by atoms with Gasteiger partial charge in [-0.05, 0) is 31.9 Å². The van der Waals surface area contributed by atoms with Crippen molar-refractivity contribution in [1.29, 1.82) is 0 Å². The minimum atomic E-state index is 0.508. The van der Waals surface area contributed by atoms with E-state index in [1.807, 2.05) is 5.51 Å². The van der Waals surface area contributed by atoms with Crippen LogP contribution in [0.5, 0.6) is 0 Å². The highest BCUT2D eigenvalue weighted by Crippen LogP contribution is 2.21. The van der Waals surface area contributed by atoms with Crippen molar-refractivity contribution in [2.75, 3.05) is 13.1 Å². The van der Waals surface area contributed by atoms with Crippen molar-refractivity contribution in [3.63, 3.8) is 0 Å². The summed E-state index contributed by atoms with van der Waals surface area (Å²) in [4.78, 5) is 4.42. The monoisotopic (exact) mass is 274 g/mol. The number of nitrogens with one attached hydrogen (secondary N) is 1. The molecule has 2 aromatic rings. The van der Waals surface area contributed by atoms with Crippen LogP contribution in [0.15, 0.2) is 35.2 Å². The molecule has 1 unspecified atom stereocenters. The Balaban J connectivity index is 2.08. The summed E-state index contributed by atoms with van der Waals surface area (Å²) in [5.41, 5.74) is 5.87. The summed E-state index contributed by atoms with van der Waals surface area (Å²) >= 11 is 1.68. The van der Waals surface area contributed by atoms with E-state index >= 15 is 0 Å². The van der Waals surface area contributed by atoms with Gasteiger partial charge in [-0.25, -0.2) is 4.98 Å². The van der Waals surface area contributed by atoms with Gasteiger partial charge in [0.1, 0.15) is 0 Å². The lowest BCUT2D eigenvalue weighted by molar-refractivity contribution is 0.573. The van der Waals surface area contributed by atoms with Gasteiger partial charge < -0.3 is 5.32 Å². The Morgan fingerprint density at radius 3 is 2.95 bits per heavy atom. The molecular formula is C16H22N2S. The summed E-state index contributed by atoms with van der Waals surface area (Å²) in [5, 5.41) is 5.70. The van der Waals surface area contributed by atoms with Gasteiger partial charge in [-0.1, -0.05) is 36.8 Å². The lowest BCUT2D eigenvalue weighted by Gasteiger charge is -2.17. The van der Waals surface area contributed by atoms with Crippen molar-refractivity contribution >= 4 is 11.3 Å². The van der Waals surface area contributed by atoms with Gasteiger partial charge in [0, 0.05) is 17.8 Å². The highest BCUT2D eigenvalue weighted by Gasteiger charge is 2.13. The van der Waals surface area contributed by atoms with E-state index in [-0.39, 0.29) is 0 Å². The van der Waals surface area contributed by atoms with Crippen LogP contribution in [0, 0.1) is 6.92 Å². The van der Waals surface area contributed by atoms with Crippen LogP contribution in [0.2, 0.25) is 0 Å². The molecule has 1 aromatic heterocycles. The number of nitrogens with zero attached hydrogens (tertiary/aromatic N) is 1. The fourth-order valence-corrected chi connectivity index (χ4v) is 2.85. The molecule has 0 aliphatic carbocycles. The first-order chi connectivity index (χ1) is 9.29. The Morgan fingerprint density at radius 2 is 2.26 bits per heavy atom. The molecule has 3 heteroatoms. The van der Waals surface area contributed by atoms with Gasteiger partial charge in [0.05, 0.1) is 11.2 Å². The van der Waals surface area contributed by atoms with E-state index in [0.717, 1.165) is 19.5 Å². The van der Waals surface area contributed by atoms with Gasteiger partial charge in [-0.15, -0.1) is 11.3 Å². The maximum absolute atomic E-state index is 4.42. The Labute approximate surface area is 119 Å². The average molecular weight is 274 g/mol. The van der Waals surface area contributed by atoms with Gasteiger partial charge in [0.2, 0.25) is 0 Å². The van der Waals surface area contributed by atoms with Crippen molar-refractivity contribution < 1.29 is 0 Å². The molecular weight excluding hydrogens is 252 g/mol. The first-order valence-corrected chi connectivity index (χ1v) is 7.88. The molecule has 19 heavy (non-hydrogen) atoms. The highest BCUT2D eigenvalue weighted by molar-refractivity contribution is 7.07. The van der Waals surface area contributed by atoms with Crippen molar-refractivity contribution in [2.45, 2.75) is 32.6 Å². The predicted molar refractivity (Wildman–Crippen MR) is 82.9 cm³/mol. The maximum atomic E-state index is 4.42. The zero-order valence-electron chi connectivity index (χ0n) is 11.7. The molecule has 1 atom stereocenters. The Hall–Kier alpha value is -1.19. The van der Waals surface area contributed by atoms with Crippen LogP contribution in [0.4, 0.5) is 0 Å². The molecule has 0 radical (unpaired) electrons. The van der Waals surface area contributed by atoms with E-state index in [4.69, 9.17) is 0 Å². The van der Waals surface area contributed by atoms with Crippen LogP contribution >= 0.6 is 11.3 Å². The number of thiazole rings is 1. The number of hydrogen-bond acceptors (Lipinski definition) is 3. The smallest absolute Gasteiger partial charge is 0.0794 e. The van der Waals surface area contributed by atoms with Crippen LogP contribution in [0.25, 0.3) is 0 Å². The number of aryl methyl sites for hydroxylation is 1. The maximum Gasteiger partial charge on any atom is 0.0794 e. The zero-order chi connectivity index (χ0) is 13.5. The molecule has 102 valence electrons. The Bertz CT molecular complexity index is 479. The summed E-state index contributed by atoms with van der Waals surface area (Å²) in [7, 11) is 0. The summed E-state index contributed by atoms with van der Waals surface area (Å²) in [6.45, 7) is 6.46. The number of aromatic nitrogens is 1. The largest absolute Gasteiger partial charge is 0.316 e. The van der Waals surface area contributed by atoms with E-state index in [0.29, 0.717) is 5.92 Å². The molecule has 0 fully saturated rings. The minimum absolute atomic E-state index is 0.508. The van der Waals surface area contributed by atoms with Crippen molar-refractivity contribution in [3.8, 4) is 0 Å². The van der Waals surface area contributed by atoms with Crippen molar-refractivity contribution in [2.24, 2.45) is 0 Å². The van der Waals surface area contributed by atoms with Crippen molar-refractivity contribution in [1.82, 2.24) is 10.3 Å². The standard InChI is InChI=1S/C16H22N2S/c1-3-7-17-10-15(9-16-11-19-12-18-16)14-6-4-5-13(2)8-14/h4-6,8,11-12,15,17H,3,7,9-10H2,1-2H3. The first-order valence-electron chi connectivity index (χ1n) is 6.94. The van der Waals surface area contributed by atoms with Crippen LogP contribution in [-0.2, 0) is 6.42 Å². The third-order valence-electron chi connectivity index (χ3n) is 3.27. The third-order valence-corrected chi connectivity index (χ3v) is 3.91. The van der Waals surface area contributed by atoms with E-state index in [1.54, 1.807) is 11.3 Å². The Morgan fingerprint density at radius 1 is 1.37 bits per heavy atom. The second kappa shape index (κ2) is 7.41. The van der Waals surface area contributed by atoms with Gasteiger partial charge in [0.25, 0.3) is 0 Å². The molecule has 0 bridgehead atoms. The Kier molecular flexibility index (Phi) is 5.55.